The smallest absolute Gasteiger partial charge is 0.253 e. The zero-order valence-electron chi connectivity index (χ0n) is 18.1. The summed E-state index contributed by atoms with van der Waals surface area (Å²) in [7, 11) is 0. The van der Waals surface area contributed by atoms with E-state index in [4.69, 9.17) is 0 Å². The van der Waals surface area contributed by atoms with Gasteiger partial charge in [0.1, 0.15) is 0 Å². The molecule has 0 spiro atoms. The largest absolute Gasteiger partial charge is 0.371 e. The van der Waals surface area contributed by atoms with Crippen molar-refractivity contribution in [2.24, 2.45) is 5.92 Å². The van der Waals surface area contributed by atoms with Gasteiger partial charge in [-0.1, -0.05) is 31.7 Å². The molecular weight excluding hydrogens is 388 g/mol. The van der Waals surface area contributed by atoms with Crippen molar-refractivity contribution < 1.29 is 9.59 Å². The summed E-state index contributed by atoms with van der Waals surface area (Å²) in [6, 6.07) is 9.50. The molecule has 1 aromatic heterocycles. The molecule has 2 N–H and O–H groups in total. The average molecular weight is 421 g/mol. The molecule has 6 heteroatoms. The van der Waals surface area contributed by atoms with Gasteiger partial charge in [-0.25, -0.2) is 0 Å². The fraction of sp³-hybridized carbons (Fsp3) is 0.480. The first kappa shape index (κ1) is 21.3. The average Bonchev–Trinajstić information content (AvgIpc) is 3.51. The summed E-state index contributed by atoms with van der Waals surface area (Å²) in [6.45, 7) is 2.33. The Morgan fingerprint density at radius 3 is 2.61 bits per heavy atom. The third-order valence-electron chi connectivity index (χ3n) is 6.40. The summed E-state index contributed by atoms with van der Waals surface area (Å²) in [5.41, 5.74) is 3.19. The van der Waals surface area contributed by atoms with Crippen molar-refractivity contribution in [2.75, 3.05) is 23.3 Å². The Kier molecular flexibility index (Phi) is 7.18. The van der Waals surface area contributed by atoms with E-state index in [-0.39, 0.29) is 11.8 Å². The van der Waals surface area contributed by atoms with Crippen LogP contribution in [0, 0.1) is 5.92 Å². The lowest BCUT2D eigenvalue weighted by atomic mass is 10.0. The lowest BCUT2D eigenvalue weighted by molar-refractivity contribution is -0.116. The molecule has 1 saturated carbocycles. The first-order valence-corrected chi connectivity index (χ1v) is 11.5. The fourth-order valence-corrected chi connectivity index (χ4v) is 4.67. The minimum atomic E-state index is -0.132. The van der Waals surface area contributed by atoms with Crippen molar-refractivity contribution in [3.63, 3.8) is 0 Å². The molecule has 4 rings (SSSR count). The number of nitrogens with zero attached hydrogens (tertiary/aromatic N) is 2. The van der Waals surface area contributed by atoms with E-state index in [0.717, 1.165) is 43.6 Å². The number of anilines is 2. The number of carbonyl (C=O) groups excluding carboxylic acids is 2. The number of rotatable bonds is 8. The van der Waals surface area contributed by atoms with Gasteiger partial charge in [-0.2, -0.15) is 0 Å². The molecule has 0 radical (unpaired) electrons. The zero-order valence-corrected chi connectivity index (χ0v) is 18.1. The van der Waals surface area contributed by atoms with Crippen LogP contribution >= 0.6 is 0 Å². The zero-order chi connectivity index (χ0) is 21.5. The Hall–Kier alpha value is -2.89. The lowest BCUT2D eigenvalue weighted by Crippen LogP contribution is -2.27. The van der Waals surface area contributed by atoms with Gasteiger partial charge >= 0.3 is 0 Å². The molecule has 164 valence electrons. The molecule has 0 unspecified atom stereocenters. The van der Waals surface area contributed by atoms with Gasteiger partial charge in [0, 0.05) is 49.8 Å². The fourth-order valence-electron chi connectivity index (χ4n) is 4.67. The summed E-state index contributed by atoms with van der Waals surface area (Å²) < 4.78 is 0. The van der Waals surface area contributed by atoms with Crippen LogP contribution < -0.4 is 15.5 Å². The molecule has 6 nitrogen and oxygen atoms in total. The van der Waals surface area contributed by atoms with E-state index in [2.05, 4.69) is 20.5 Å². The molecule has 2 aromatic rings. The van der Waals surface area contributed by atoms with Gasteiger partial charge in [-0.3, -0.25) is 14.6 Å². The quantitative estimate of drug-likeness (QED) is 0.658. The van der Waals surface area contributed by atoms with Crippen molar-refractivity contribution in [1.29, 1.82) is 0 Å². The molecular formula is C25H32N4O2. The third kappa shape index (κ3) is 5.84. The van der Waals surface area contributed by atoms with Crippen LogP contribution in [0.25, 0.3) is 0 Å². The first-order chi connectivity index (χ1) is 15.2. The molecule has 2 amide bonds. The summed E-state index contributed by atoms with van der Waals surface area (Å²) >= 11 is 0. The topological polar surface area (TPSA) is 74.3 Å². The van der Waals surface area contributed by atoms with Crippen LogP contribution in [-0.4, -0.2) is 29.9 Å². The van der Waals surface area contributed by atoms with Gasteiger partial charge in [0.2, 0.25) is 5.91 Å². The maximum absolute atomic E-state index is 13.1. The van der Waals surface area contributed by atoms with Crippen molar-refractivity contribution in [2.45, 2.75) is 57.9 Å². The van der Waals surface area contributed by atoms with Crippen LogP contribution in [0.5, 0.6) is 0 Å². The summed E-state index contributed by atoms with van der Waals surface area (Å²) in [5.74, 6) is 0.590. The Morgan fingerprint density at radius 2 is 1.87 bits per heavy atom. The van der Waals surface area contributed by atoms with E-state index in [1.165, 1.54) is 25.7 Å². The molecule has 1 aliphatic carbocycles. The van der Waals surface area contributed by atoms with Gasteiger partial charge in [-0.05, 0) is 55.0 Å². The standard InChI is InChI=1S/C25H32N4O2/c30-24(12-9-19-6-1-2-7-19)28-21-10-11-23(29-14-3-4-15-29)22(16-21)25(31)27-18-20-8-5-13-26-17-20/h5,8,10-11,13,16-17,19H,1-4,6-7,9,12,14-15,18H2,(H,27,31)(H,28,30). The molecule has 2 fully saturated rings. The van der Waals surface area contributed by atoms with Crippen LogP contribution in [0.3, 0.4) is 0 Å². The van der Waals surface area contributed by atoms with Crippen LogP contribution in [-0.2, 0) is 11.3 Å². The highest BCUT2D eigenvalue weighted by Crippen LogP contribution is 2.30. The van der Waals surface area contributed by atoms with Gasteiger partial charge in [0.25, 0.3) is 5.91 Å². The molecule has 31 heavy (non-hydrogen) atoms. The predicted octanol–water partition coefficient (Wildman–Crippen LogP) is 4.52. The number of nitrogens with one attached hydrogen (secondary N) is 2. The van der Waals surface area contributed by atoms with Crippen LogP contribution in [0.4, 0.5) is 11.4 Å². The number of hydrogen-bond donors (Lipinski definition) is 2. The second-order valence-corrected chi connectivity index (χ2v) is 8.71. The van der Waals surface area contributed by atoms with Gasteiger partial charge in [0.15, 0.2) is 0 Å². The van der Waals surface area contributed by atoms with Gasteiger partial charge in [0.05, 0.1) is 5.56 Å². The highest BCUT2D eigenvalue weighted by molar-refractivity contribution is 6.02. The summed E-state index contributed by atoms with van der Waals surface area (Å²) in [4.78, 5) is 31.9. The van der Waals surface area contributed by atoms with Crippen molar-refractivity contribution >= 4 is 23.2 Å². The number of pyridine rings is 1. The normalized spacial score (nSPS) is 16.5. The molecule has 0 atom stereocenters. The van der Waals surface area contributed by atoms with Gasteiger partial charge < -0.3 is 15.5 Å². The van der Waals surface area contributed by atoms with Crippen LogP contribution in [0.1, 0.15) is 67.3 Å². The Labute approximate surface area is 184 Å². The predicted molar refractivity (Wildman–Crippen MR) is 123 cm³/mol. The number of carbonyl (C=O) groups is 2. The maximum atomic E-state index is 13.1. The molecule has 2 aliphatic rings. The third-order valence-corrected chi connectivity index (χ3v) is 6.40. The highest BCUT2D eigenvalue weighted by Gasteiger charge is 2.21. The SMILES string of the molecule is O=C(CCC1CCCC1)Nc1ccc(N2CCCC2)c(C(=O)NCc2cccnc2)c1. The summed E-state index contributed by atoms with van der Waals surface area (Å²) in [5, 5.41) is 6.01. The first-order valence-electron chi connectivity index (χ1n) is 11.5. The number of amides is 2. The molecule has 1 saturated heterocycles. The number of benzene rings is 1. The van der Waals surface area contributed by atoms with E-state index < -0.39 is 0 Å². The van der Waals surface area contributed by atoms with Gasteiger partial charge in [-0.15, -0.1) is 0 Å². The van der Waals surface area contributed by atoms with Crippen LogP contribution in [0.2, 0.25) is 0 Å². The molecule has 1 aromatic carbocycles. The second kappa shape index (κ2) is 10.4. The second-order valence-electron chi connectivity index (χ2n) is 8.71. The minimum Gasteiger partial charge on any atom is -0.371 e. The van der Waals surface area contributed by atoms with E-state index in [9.17, 15) is 9.59 Å². The van der Waals surface area contributed by atoms with Crippen LogP contribution in [0.15, 0.2) is 42.7 Å². The van der Waals surface area contributed by atoms with E-state index in [1.54, 1.807) is 12.4 Å². The van der Waals surface area contributed by atoms with Crippen molar-refractivity contribution in [3.05, 3.63) is 53.9 Å². The van der Waals surface area contributed by atoms with Crippen molar-refractivity contribution in [3.8, 4) is 0 Å². The maximum Gasteiger partial charge on any atom is 0.253 e. The lowest BCUT2D eigenvalue weighted by Gasteiger charge is -2.22. The number of aromatic nitrogens is 1. The van der Waals surface area contributed by atoms with E-state index in [0.29, 0.717) is 30.1 Å². The Morgan fingerprint density at radius 1 is 1.06 bits per heavy atom. The highest BCUT2D eigenvalue weighted by atomic mass is 16.2. The van der Waals surface area contributed by atoms with E-state index in [1.807, 2.05) is 30.3 Å². The molecule has 2 heterocycles. The Bertz CT molecular complexity index is 888. The minimum absolute atomic E-state index is 0.0301. The molecule has 0 bridgehead atoms. The Balaban J connectivity index is 1.44. The van der Waals surface area contributed by atoms with E-state index >= 15 is 0 Å². The molecule has 1 aliphatic heterocycles. The monoisotopic (exact) mass is 420 g/mol. The summed E-state index contributed by atoms with van der Waals surface area (Å²) in [6.07, 6.45) is 12.3. The number of hydrogen-bond acceptors (Lipinski definition) is 4. The van der Waals surface area contributed by atoms with Crippen molar-refractivity contribution in [1.82, 2.24) is 10.3 Å².